The standard InChI is InChI=1S/C37H40FN3O6S/c1-46-34-22-21-31(24-35(34)47-2)48(44,45)41(30-18-7-4-8-19-30)26-36(42)40(25-28-15-9-12-20-32(28)38)33(23-27-13-5-3-6-14-27)37(43)39-29-16-10-11-17-29/h3-9,12-15,18-22,24,29,33H,10-11,16-17,23,25-26H2,1-2H3,(H,39,43)/t33-/m1/s1. The van der Waals surface area contributed by atoms with Crippen molar-refractivity contribution >= 4 is 27.5 Å². The van der Waals surface area contributed by atoms with Crippen LogP contribution in [0.25, 0.3) is 0 Å². The van der Waals surface area contributed by atoms with Gasteiger partial charge < -0.3 is 19.7 Å². The zero-order valence-corrected chi connectivity index (χ0v) is 27.9. The van der Waals surface area contributed by atoms with Crippen molar-refractivity contribution in [3.8, 4) is 11.5 Å². The monoisotopic (exact) mass is 673 g/mol. The summed E-state index contributed by atoms with van der Waals surface area (Å²) in [7, 11) is -1.53. The molecule has 0 spiro atoms. The smallest absolute Gasteiger partial charge is 0.264 e. The number of halogens is 1. The van der Waals surface area contributed by atoms with E-state index in [9.17, 15) is 18.0 Å². The number of carbonyl (C=O) groups is 2. The van der Waals surface area contributed by atoms with Crippen molar-refractivity contribution in [2.24, 2.45) is 0 Å². The van der Waals surface area contributed by atoms with E-state index in [1.807, 2.05) is 30.3 Å². The molecule has 0 heterocycles. The van der Waals surface area contributed by atoms with Crippen molar-refractivity contribution in [3.63, 3.8) is 0 Å². The summed E-state index contributed by atoms with van der Waals surface area (Å²) < 4.78 is 55.4. The first-order valence-corrected chi connectivity index (χ1v) is 17.3. The number of hydrogen-bond acceptors (Lipinski definition) is 6. The molecule has 9 nitrogen and oxygen atoms in total. The second-order valence-electron chi connectivity index (χ2n) is 11.7. The predicted molar refractivity (Wildman–Crippen MR) is 182 cm³/mol. The zero-order chi connectivity index (χ0) is 34.1. The molecule has 0 radical (unpaired) electrons. The van der Waals surface area contributed by atoms with E-state index in [0.29, 0.717) is 5.75 Å². The number of carbonyl (C=O) groups excluding carboxylic acids is 2. The molecule has 1 aliphatic rings. The van der Waals surface area contributed by atoms with Gasteiger partial charge in [0.1, 0.15) is 18.4 Å². The number of benzene rings is 4. The van der Waals surface area contributed by atoms with Crippen LogP contribution in [-0.2, 0) is 32.6 Å². The summed E-state index contributed by atoms with van der Waals surface area (Å²) in [6.07, 6.45) is 3.79. The molecule has 1 saturated carbocycles. The fourth-order valence-electron chi connectivity index (χ4n) is 5.96. The maximum absolute atomic E-state index is 15.1. The molecule has 5 rings (SSSR count). The molecule has 1 fully saturated rings. The average molecular weight is 674 g/mol. The summed E-state index contributed by atoms with van der Waals surface area (Å²) in [5, 5.41) is 3.12. The average Bonchev–Trinajstić information content (AvgIpc) is 3.62. The van der Waals surface area contributed by atoms with E-state index in [4.69, 9.17) is 9.47 Å². The maximum atomic E-state index is 15.1. The molecule has 1 atom stereocenters. The van der Waals surface area contributed by atoms with Gasteiger partial charge in [-0.3, -0.25) is 13.9 Å². The van der Waals surface area contributed by atoms with Crippen LogP contribution in [0, 0.1) is 5.82 Å². The van der Waals surface area contributed by atoms with Crippen molar-refractivity contribution in [2.45, 2.75) is 55.6 Å². The lowest BCUT2D eigenvalue weighted by Gasteiger charge is -2.34. The van der Waals surface area contributed by atoms with Gasteiger partial charge in [0, 0.05) is 30.6 Å². The minimum atomic E-state index is -4.37. The number of para-hydroxylation sites is 1. The number of rotatable bonds is 14. The van der Waals surface area contributed by atoms with Crippen molar-refractivity contribution in [1.29, 1.82) is 0 Å². The van der Waals surface area contributed by atoms with E-state index in [-0.39, 0.29) is 46.8 Å². The lowest BCUT2D eigenvalue weighted by Crippen LogP contribution is -2.54. The highest BCUT2D eigenvalue weighted by Crippen LogP contribution is 2.32. The first-order valence-electron chi connectivity index (χ1n) is 15.9. The minimum Gasteiger partial charge on any atom is -0.493 e. The Balaban J connectivity index is 1.57. The minimum absolute atomic E-state index is 0.0348. The Morgan fingerprint density at radius 2 is 1.48 bits per heavy atom. The topological polar surface area (TPSA) is 105 Å². The van der Waals surface area contributed by atoms with E-state index >= 15 is 4.39 Å². The number of nitrogens with one attached hydrogen (secondary N) is 1. The normalized spacial score (nSPS) is 13.8. The highest BCUT2D eigenvalue weighted by Gasteiger charge is 2.36. The van der Waals surface area contributed by atoms with Crippen LogP contribution >= 0.6 is 0 Å². The van der Waals surface area contributed by atoms with Crippen LogP contribution in [0.3, 0.4) is 0 Å². The summed E-state index contributed by atoms with van der Waals surface area (Å²) >= 11 is 0. The molecule has 4 aromatic carbocycles. The fourth-order valence-corrected chi connectivity index (χ4v) is 7.39. The number of anilines is 1. The maximum Gasteiger partial charge on any atom is 0.264 e. The van der Waals surface area contributed by atoms with Gasteiger partial charge in [0.25, 0.3) is 10.0 Å². The number of methoxy groups -OCH3 is 2. The van der Waals surface area contributed by atoms with Crippen molar-refractivity contribution in [1.82, 2.24) is 10.2 Å². The van der Waals surface area contributed by atoms with Gasteiger partial charge in [-0.25, -0.2) is 12.8 Å². The van der Waals surface area contributed by atoms with Crippen LogP contribution in [0.4, 0.5) is 10.1 Å². The summed E-state index contributed by atoms with van der Waals surface area (Å²) in [5.74, 6) is -1.04. The molecular weight excluding hydrogens is 633 g/mol. The molecule has 2 amide bonds. The summed E-state index contributed by atoms with van der Waals surface area (Å²) in [6, 6.07) is 26.7. The zero-order valence-electron chi connectivity index (χ0n) is 27.0. The van der Waals surface area contributed by atoms with E-state index in [1.54, 1.807) is 48.5 Å². The van der Waals surface area contributed by atoms with Crippen LogP contribution in [0.15, 0.2) is 108 Å². The van der Waals surface area contributed by atoms with E-state index in [0.717, 1.165) is 35.6 Å². The third kappa shape index (κ3) is 8.14. The molecule has 48 heavy (non-hydrogen) atoms. The van der Waals surface area contributed by atoms with Crippen molar-refractivity contribution < 1.29 is 31.9 Å². The fraction of sp³-hybridized carbons (Fsp3) is 0.297. The Morgan fingerprint density at radius 3 is 2.12 bits per heavy atom. The highest BCUT2D eigenvalue weighted by molar-refractivity contribution is 7.92. The van der Waals surface area contributed by atoms with Crippen molar-refractivity contribution in [2.75, 3.05) is 25.1 Å². The van der Waals surface area contributed by atoms with Gasteiger partial charge in [-0.15, -0.1) is 0 Å². The first-order chi connectivity index (χ1) is 23.2. The quantitative estimate of drug-likeness (QED) is 0.183. The Hall–Kier alpha value is -4.90. The third-order valence-corrected chi connectivity index (χ3v) is 10.3. The number of ether oxygens (including phenoxy) is 2. The van der Waals surface area contributed by atoms with E-state index in [1.165, 1.54) is 43.4 Å². The summed E-state index contributed by atoms with van der Waals surface area (Å²) in [5.41, 5.74) is 1.24. The molecule has 0 saturated heterocycles. The van der Waals surface area contributed by atoms with E-state index < -0.39 is 34.3 Å². The van der Waals surface area contributed by atoms with Gasteiger partial charge in [-0.05, 0) is 48.7 Å². The Morgan fingerprint density at radius 1 is 0.854 bits per heavy atom. The van der Waals surface area contributed by atoms with Crippen LogP contribution in [0.5, 0.6) is 11.5 Å². The molecular formula is C37H40FN3O6S. The van der Waals surface area contributed by atoms with Gasteiger partial charge in [0.05, 0.1) is 24.8 Å². The lowest BCUT2D eigenvalue weighted by atomic mass is 10.0. The second kappa shape index (κ2) is 15.8. The molecule has 0 aliphatic heterocycles. The summed E-state index contributed by atoms with van der Waals surface area (Å²) in [6.45, 7) is -0.905. The van der Waals surface area contributed by atoms with Crippen LogP contribution in [0.1, 0.15) is 36.8 Å². The molecule has 1 aliphatic carbocycles. The van der Waals surface area contributed by atoms with Crippen molar-refractivity contribution in [3.05, 3.63) is 120 Å². The van der Waals surface area contributed by atoms with Gasteiger partial charge in [-0.1, -0.05) is 79.6 Å². The highest BCUT2D eigenvalue weighted by atomic mass is 32.2. The lowest BCUT2D eigenvalue weighted by molar-refractivity contribution is -0.140. The van der Waals surface area contributed by atoms with Crippen LogP contribution < -0.4 is 19.1 Å². The number of sulfonamides is 1. The number of nitrogens with zero attached hydrogens (tertiary/aromatic N) is 2. The third-order valence-electron chi connectivity index (χ3n) is 8.54. The molecule has 0 bridgehead atoms. The molecule has 0 unspecified atom stereocenters. The number of hydrogen-bond donors (Lipinski definition) is 1. The Bertz CT molecular complexity index is 1800. The molecule has 11 heteroatoms. The second-order valence-corrected chi connectivity index (χ2v) is 13.5. The van der Waals surface area contributed by atoms with Gasteiger partial charge in [-0.2, -0.15) is 0 Å². The first kappa shape index (κ1) is 34.4. The predicted octanol–water partition coefficient (Wildman–Crippen LogP) is 5.74. The Labute approximate surface area is 281 Å². The number of amides is 2. The van der Waals surface area contributed by atoms with Crippen LogP contribution in [0.2, 0.25) is 0 Å². The molecule has 4 aromatic rings. The van der Waals surface area contributed by atoms with Gasteiger partial charge in [0.15, 0.2) is 11.5 Å². The molecule has 1 N–H and O–H groups in total. The summed E-state index contributed by atoms with van der Waals surface area (Å²) in [4.78, 5) is 29.8. The van der Waals surface area contributed by atoms with Crippen LogP contribution in [-0.4, -0.2) is 58.0 Å². The largest absolute Gasteiger partial charge is 0.493 e. The van der Waals surface area contributed by atoms with E-state index in [2.05, 4.69) is 5.32 Å². The molecule has 252 valence electrons. The Kier molecular flexibility index (Phi) is 11.3. The van der Waals surface area contributed by atoms with Gasteiger partial charge >= 0.3 is 0 Å². The van der Waals surface area contributed by atoms with Gasteiger partial charge in [0.2, 0.25) is 11.8 Å². The molecule has 0 aromatic heterocycles. The SMILES string of the molecule is COc1ccc(S(=O)(=O)N(CC(=O)N(Cc2ccccc2F)[C@H](Cc2ccccc2)C(=O)NC2CCCC2)c2ccccc2)cc1OC.